The second kappa shape index (κ2) is 5.05. The Morgan fingerprint density at radius 2 is 1.95 bits per heavy atom. The predicted octanol–water partition coefficient (Wildman–Crippen LogP) is 3.31. The number of alkyl halides is 2. The van der Waals surface area contributed by atoms with Gasteiger partial charge in [0.1, 0.15) is 0 Å². The van der Waals surface area contributed by atoms with Crippen molar-refractivity contribution in [3.63, 3.8) is 0 Å². The van der Waals surface area contributed by atoms with Gasteiger partial charge >= 0.3 is 5.97 Å². The fourth-order valence-electron chi connectivity index (χ4n) is 3.69. The van der Waals surface area contributed by atoms with Crippen molar-refractivity contribution in [1.82, 2.24) is 5.32 Å². The lowest BCUT2D eigenvalue weighted by Gasteiger charge is -2.52. The van der Waals surface area contributed by atoms with Crippen molar-refractivity contribution in [3.05, 3.63) is 35.4 Å². The minimum atomic E-state index is -2.48. The Morgan fingerprint density at radius 1 is 1.29 bits per heavy atom. The molecule has 1 saturated carbocycles. The van der Waals surface area contributed by atoms with Gasteiger partial charge in [-0.25, -0.2) is 13.6 Å². The Morgan fingerprint density at radius 3 is 2.52 bits per heavy atom. The quantitative estimate of drug-likeness (QED) is 0.851. The average Bonchev–Trinajstić information content (AvgIpc) is 2.44. The summed E-state index contributed by atoms with van der Waals surface area (Å²) in [5, 5.41) is 3.39. The first-order chi connectivity index (χ1) is 9.93. The molecule has 1 aliphatic heterocycles. The van der Waals surface area contributed by atoms with E-state index in [1.807, 2.05) is 12.1 Å². The molecule has 0 amide bonds. The standard InChI is InChI=1S/C16H19F2NO2/c1-21-14(20)12-4-2-11(3-5-12)13-8-15(6-7-19-13)9-16(17,18)10-15/h2-5,13,19H,6-10H2,1H3. The van der Waals surface area contributed by atoms with Crippen LogP contribution in [-0.4, -0.2) is 25.5 Å². The van der Waals surface area contributed by atoms with Crippen LogP contribution in [0.5, 0.6) is 0 Å². The molecule has 3 nitrogen and oxygen atoms in total. The highest BCUT2D eigenvalue weighted by molar-refractivity contribution is 5.89. The van der Waals surface area contributed by atoms with Gasteiger partial charge in [0, 0.05) is 18.9 Å². The molecule has 3 rings (SSSR count). The smallest absolute Gasteiger partial charge is 0.337 e. The third-order valence-corrected chi connectivity index (χ3v) is 4.68. The van der Waals surface area contributed by atoms with E-state index in [2.05, 4.69) is 10.1 Å². The van der Waals surface area contributed by atoms with E-state index in [9.17, 15) is 13.6 Å². The molecule has 114 valence electrons. The summed E-state index contributed by atoms with van der Waals surface area (Å²) in [6.07, 6.45) is 1.58. The largest absolute Gasteiger partial charge is 0.465 e. The van der Waals surface area contributed by atoms with Crippen molar-refractivity contribution >= 4 is 5.97 Å². The number of piperidine rings is 1. The zero-order valence-electron chi connectivity index (χ0n) is 12.0. The van der Waals surface area contributed by atoms with Crippen molar-refractivity contribution in [2.24, 2.45) is 5.41 Å². The van der Waals surface area contributed by atoms with E-state index in [4.69, 9.17) is 0 Å². The number of rotatable bonds is 2. The molecule has 1 N–H and O–H groups in total. The lowest BCUT2D eigenvalue weighted by Crippen LogP contribution is -2.52. The van der Waals surface area contributed by atoms with Gasteiger partial charge in [-0.1, -0.05) is 12.1 Å². The second-order valence-electron chi connectivity index (χ2n) is 6.28. The Labute approximate surface area is 122 Å². The summed E-state index contributed by atoms with van der Waals surface area (Å²) in [5.41, 5.74) is 1.33. The first kappa shape index (κ1) is 14.4. The first-order valence-corrected chi connectivity index (χ1v) is 7.23. The molecule has 1 spiro atoms. The Hall–Kier alpha value is -1.49. The van der Waals surface area contributed by atoms with Crippen LogP contribution in [-0.2, 0) is 4.74 Å². The minimum absolute atomic E-state index is 0.0123. The van der Waals surface area contributed by atoms with Crippen LogP contribution in [0.1, 0.15) is 47.6 Å². The summed E-state index contributed by atoms with van der Waals surface area (Å²) < 4.78 is 31.1. The summed E-state index contributed by atoms with van der Waals surface area (Å²) in [5.74, 6) is -2.84. The molecule has 0 aromatic heterocycles. The van der Waals surface area contributed by atoms with Crippen LogP contribution in [0.2, 0.25) is 0 Å². The van der Waals surface area contributed by atoms with Crippen LogP contribution in [0.4, 0.5) is 8.78 Å². The number of esters is 1. The number of hydrogen-bond acceptors (Lipinski definition) is 3. The number of benzene rings is 1. The highest BCUT2D eigenvalue weighted by atomic mass is 19.3. The molecule has 0 bridgehead atoms. The maximum atomic E-state index is 13.2. The number of nitrogens with one attached hydrogen (secondary N) is 1. The van der Waals surface area contributed by atoms with Crippen LogP contribution in [0.25, 0.3) is 0 Å². The highest BCUT2D eigenvalue weighted by Gasteiger charge is 2.57. The molecule has 5 heteroatoms. The molecular formula is C16H19F2NO2. The number of ether oxygens (including phenoxy) is 1. The molecule has 0 radical (unpaired) electrons. The molecule has 2 fully saturated rings. The fourth-order valence-corrected chi connectivity index (χ4v) is 3.69. The van der Waals surface area contributed by atoms with Crippen LogP contribution < -0.4 is 5.32 Å². The summed E-state index contributed by atoms with van der Waals surface area (Å²) in [6.45, 7) is 0.763. The van der Waals surface area contributed by atoms with Gasteiger partial charge in [0.2, 0.25) is 5.92 Å². The average molecular weight is 295 g/mol. The maximum Gasteiger partial charge on any atom is 0.337 e. The lowest BCUT2D eigenvalue weighted by molar-refractivity contribution is -0.174. The van der Waals surface area contributed by atoms with E-state index in [1.54, 1.807) is 12.1 Å². The van der Waals surface area contributed by atoms with Gasteiger partial charge in [-0.15, -0.1) is 0 Å². The topological polar surface area (TPSA) is 38.3 Å². The van der Waals surface area contributed by atoms with E-state index < -0.39 is 5.92 Å². The van der Waals surface area contributed by atoms with Gasteiger partial charge in [-0.05, 0) is 42.5 Å². The van der Waals surface area contributed by atoms with Crippen LogP contribution >= 0.6 is 0 Å². The van der Waals surface area contributed by atoms with Gasteiger partial charge in [0.15, 0.2) is 0 Å². The number of methoxy groups -OCH3 is 1. The van der Waals surface area contributed by atoms with E-state index in [0.717, 1.165) is 24.9 Å². The van der Waals surface area contributed by atoms with Crippen molar-refractivity contribution in [2.75, 3.05) is 13.7 Å². The fraction of sp³-hybridized carbons (Fsp3) is 0.562. The van der Waals surface area contributed by atoms with Crippen molar-refractivity contribution in [3.8, 4) is 0 Å². The molecule has 2 aliphatic rings. The van der Waals surface area contributed by atoms with Crippen molar-refractivity contribution < 1.29 is 18.3 Å². The molecule has 1 heterocycles. The molecule has 1 aromatic carbocycles. The third kappa shape index (κ3) is 2.79. The number of carbonyl (C=O) groups is 1. The summed E-state index contributed by atoms with van der Waals surface area (Å²) in [6, 6.07) is 7.28. The van der Waals surface area contributed by atoms with Gasteiger partial charge in [-0.2, -0.15) is 0 Å². The third-order valence-electron chi connectivity index (χ3n) is 4.68. The molecule has 1 unspecified atom stereocenters. The zero-order valence-corrected chi connectivity index (χ0v) is 12.0. The minimum Gasteiger partial charge on any atom is -0.465 e. The molecule has 1 aromatic rings. The molecule has 1 aliphatic carbocycles. The molecular weight excluding hydrogens is 276 g/mol. The highest BCUT2D eigenvalue weighted by Crippen LogP contribution is 2.58. The van der Waals surface area contributed by atoms with Crippen molar-refractivity contribution in [1.29, 1.82) is 0 Å². The summed E-state index contributed by atoms with van der Waals surface area (Å²) in [4.78, 5) is 11.4. The van der Waals surface area contributed by atoms with E-state index in [0.29, 0.717) is 5.56 Å². The van der Waals surface area contributed by atoms with E-state index in [-0.39, 0.29) is 30.3 Å². The molecule has 1 atom stereocenters. The summed E-state index contributed by atoms with van der Waals surface area (Å²) in [7, 11) is 1.35. The van der Waals surface area contributed by atoms with Gasteiger partial charge in [0.25, 0.3) is 0 Å². The zero-order chi connectivity index (χ0) is 15.1. The molecule has 21 heavy (non-hydrogen) atoms. The normalized spacial score (nSPS) is 26.1. The lowest BCUT2D eigenvalue weighted by atomic mass is 9.59. The Bertz CT molecular complexity index is 534. The monoisotopic (exact) mass is 295 g/mol. The SMILES string of the molecule is COC(=O)c1ccc(C2CC3(CCN2)CC(F)(F)C3)cc1. The first-order valence-electron chi connectivity index (χ1n) is 7.23. The number of halogens is 2. The maximum absolute atomic E-state index is 13.2. The Balaban J connectivity index is 1.71. The van der Waals surface area contributed by atoms with Gasteiger partial charge in [0.05, 0.1) is 12.7 Å². The number of hydrogen-bond donors (Lipinski definition) is 1. The Kier molecular flexibility index (Phi) is 3.48. The van der Waals surface area contributed by atoms with Crippen LogP contribution in [0, 0.1) is 5.41 Å². The summed E-state index contributed by atoms with van der Waals surface area (Å²) >= 11 is 0. The van der Waals surface area contributed by atoms with E-state index >= 15 is 0 Å². The van der Waals surface area contributed by atoms with E-state index in [1.165, 1.54) is 7.11 Å². The van der Waals surface area contributed by atoms with Crippen LogP contribution in [0.3, 0.4) is 0 Å². The van der Waals surface area contributed by atoms with Crippen LogP contribution in [0.15, 0.2) is 24.3 Å². The number of carbonyl (C=O) groups excluding carboxylic acids is 1. The van der Waals surface area contributed by atoms with Gasteiger partial charge < -0.3 is 10.1 Å². The molecule has 1 saturated heterocycles. The predicted molar refractivity (Wildman–Crippen MR) is 74.4 cm³/mol. The van der Waals surface area contributed by atoms with Crippen molar-refractivity contribution in [2.45, 2.75) is 37.6 Å². The second-order valence-corrected chi connectivity index (χ2v) is 6.28. The van der Waals surface area contributed by atoms with Gasteiger partial charge in [-0.3, -0.25) is 0 Å².